The standard InChI is InChI=1S/C17H22N2O3/c1-12-9-10-21-15(12)11-18-13-5-7-14(8-6-13)19-16(20)22-17(2,3)4/h5-10,18H,11H2,1-4H3,(H,19,20). The number of carbonyl (C=O) groups excluding carboxylic acids is 1. The third-order valence-electron chi connectivity index (χ3n) is 2.95. The predicted molar refractivity (Wildman–Crippen MR) is 87.1 cm³/mol. The molecular formula is C17H22N2O3. The van der Waals surface area contributed by atoms with Crippen molar-refractivity contribution in [2.75, 3.05) is 10.6 Å². The van der Waals surface area contributed by atoms with Crippen LogP contribution in [0.3, 0.4) is 0 Å². The summed E-state index contributed by atoms with van der Waals surface area (Å²) in [5, 5.41) is 5.97. The molecule has 1 heterocycles. The summed E-state index contributed by atoms with van der Waals surface area (Å²) >= 11 is 0. The maximum atomic E-state index is 11.7. The Kier molecular flexibility index (Phi) is 4.75. The Morgan fingerprint density at radius 3 is 2.32 bits per heavy atom. The van der Waals surface area contributed by atoms with Crippen LogP contribution in [0.2, 0.25) is 0 Å². The number of carbonyl (C=O) groups is 1. The molecule has 0 saturated heterocycles. The smallest absolute Gasteiger partial charge is 0.412 e. The summed E-state index contributed by atoms with van der Waals surface area (Å²) in [6.45, 7) is 8.12. The summed E-state index contributed by atoms with van der Waals surface area (Å²) < 4.78 is 10.6. The SMILES string of the molecule is Cc1ccoc1CNc1ccc(NC(=O)OC(C)(C)C)cc1. The van der Waals surface area contributed by atoms with Crippen molar-refractivity contribution in [1.29, 1.82) is 0 Å². The highest BCUT2D eigenvalue weighted by atomic mass is 16.6. The van der Waals surface area contributed by atoms with Crippen LogP contribution in [0.1, 0.15) is 32.1 Å². The van der Waals surface area contributed by atoms with Gasteiger partial charge in [0.05, 0.1) is 12.8 Å². The van der Waals surface area contributed by atoms with Gasteiger partial charge in [0.15, 0.2) is 0 Å². The average Bonchev–Trinajstić information content (AvgIpc) is 2.81. The van der Waals surface area contributed by atoms with Crippen LogP contribution in [0.25, 0.3) is 0 Å². The van der Waals surface area contributed by atoms with Gasteiger partial charge in [0, 0.05) is 11.4 Å². The molecule has 0 aliphatic rings. The zero-order valence-corrected chi connectivity index (χ0v) is 13.4. The van der Waals surface area contributed by atoms with Crippen LogP contribution < -0.4 is 10.6 Å². The lowest BCUT2D eigenvalue weighted by Gasteiger charge is -2.19. The molecule has 5 heteroatoms. The van der Waals surface area contributed by atoms with Crippen molar-refractivity contribution in [2.24, 2.45) is 0 Å². The summed E-state index contributed by atoms with van der Waals surface area (Å²) in [6, 6.07) is 9.36. The van der Waals surface area contributed by atoms with Gasteiger partial charge in [-0.25, -0.2) is 4.79 Å². The highest BCUT2D eigenvalue weighted by Crippen LogP contribution is 2.17. The van der Waals surface area contributed by atoms with Crippen LogP contribution in [-0.4, -0.2) is 11.7 Å². The second kappa shape index (κ2) is 6.56. The fourth-order valence-corrected chi connectivity index (χ4v) is 1.86. The summed E-state index contributed by atoms with van der Waals surface area (Å²) in [5.41, 5.74) is 2.25. The zero-order chi connectivity index (χ0) is 16.2. The van der Waals surface area contributed by atoms with Crippen molar-refractivity contribution >= 4 is 17.5 Å². The van der Waals surface area contributed by atoms with E-state index in [0.29, 0.717) is 12.2 Å². The van der Waals surface area contributed by atoms with Crippen LogP contribution >= 0.6 is 0 Å². The van der Waals surface area contributed by atoms with Crippen LogP contribution in [-0.2, 0) is 11.3 Å². The van der Waals surface area contributed by atoms with E-state index in [0.717, 1.165) is 17.0 Å². The Bertz CT molecular complexity index is 624. The molecular weight excluding hydrogens is 280 g/mol. The number of hydrogen-bond donors (Lipinski definition) is 2. The second-order valence-corrected chi connectivity index (χ2v) is 6.08. The van der Waals surface area contributed by atoms with Crippen molar-refractivity contribution in [1.82, 2.24) is 0 Å². The lowest BCUT2D eigenvalue weighted by Crippen LogP contribution is -2.27. The summed E-state index contributed by atoms with van der Waals surface area (Å²) in [4.78, 5) is 11.7. The molecule has 0 radical (unpaired) electrons. The number of benzene rings is 1. The maximum Gasteiger partial charge on any atom is 0.412 e. The van der Waals surface area contributed by atoms with Crippen molar-refractivity contribution in [3.05, 3.63) is 47.9 Å². The van der Waals surface area contributed by atoms with E-state index in [2.05, 4.69) is 10.6 Å². The fourth-order valence-electron chi connectivity index (χ4n) is 1.86. The van der Waals surface area contributed by atoms with Crippen molar-refractivity contribution in [3.8, 4) is 0 Å². The Morgan fingerprint density at radius 2 is 1.77 bits per heavy atom. The van der Waals surface area contributed by atoms with Gasteiger partial charge in [-0.1, -0.05) is 0 Å². The Hall–Kier alpha value is -2.43. The largest absolute Gasteiger partial charge is 0.467 e. The highest BCUT2D eigenvalue weighted by Gasteiger charge is 2.16. The van der Waals surface area contributed by atoms with Crippen molar-refractivity contribution in [3.63, 3.8) is 0 Å². The van der Waals surface area contributed by atoms with Gasteiger partial charge in [0.1, 0.15) is 11.4 Å². The monoisotopic (exact) mass is 302 g/mol. The molecule has 22 heavy (non-hydrogen) atoms. The average molecular weight is 302 g/mol. The van der Waals surface area contributed by atoms with E-state index in [1.807, 2.05) is 58.0 Å². The molecule has 5 nitrogen and oxygen atoms in total. The van der Waals surface area contributed by atoms with Gasteiger partial charge < -0.3 is 14.5 Å². The van der Waals surface area contributed by atoms with E-state index >= 15 is 0 Å². The van der Waals surface area contributed by atoms with Crippen LogP contribution in [0.15, 0.2) is 41.0 Å². The molecule has 0 aliphatic carbocycles. The number of ether oxygens (including phenoxy) is 1. The molecule has 1 aromatic carbocycles. The summed E-state index contributed by atoms with van der Waals surface area (Å²) in [5.74, 6) is 0.913. The predicted octanol–water partition coefficient (Wildman–Crippen LogP) is 4.55. The van der Waals surface area contributed by atoms with E-state index in [-0.39, 0.29) is 0 Å². The molecule has 0 aliphatic heterocycles. The third-order valence-corrected chi connectivity index (χ3v) is 2.95. The molecule has 118 valence electrons. The van der Waals surface area contributed by atoms with Crippen LogP contribution in [0, 0.1) is 6.92 Å². The first-order chi connectivity index (χ1) is 10.3. The normalized spacial score (nSPS) is 11.1. The number of nitrogens with one attached hydrogen (secondary N) is 2. The first-order valence-corrected chi connectivity index (χ1v) is 7.20. The molecule has 0 atom stereocenters. The van der Waals surface area contributed by atoms with Gasteiger partial charge in [-0.15, -0.1) is 0 Å². The van der Waals surface area contributed by atoms with Gasteiger partial charge in [-0.2, -0.15) is 0 Å². The van der Waals surface area contributed by atoms with Gasteiger partial charge in [-0.05, 0) is 63.6 Å². The van der Waals surface area contributed by atoms with Crippen LogP contribution in [0.5, 0.6) is 0 Å². The number of rotatable bonds is 4. The van der Waals surface area contributed by atoms with Gasteiger partial charge >= 0.3 is 6.09 Å². The molecule has 1 aromatic heterocycles. The number of aryl methyl sites for hydroxylation is 1. The van der Waals surface area contributed by atoms with Gasteiger partial charge in [-0.3, -0.25) is 5.32 Å². The first-order valence-electron chi connectivity index (χ1n) is 7.20. The van der Waals surface area contributed by atoms with E-state index in [9.17, 15) is 4.79 Å². The number of hydrogen-bond acceptors (Lipinski definition) is 4. The molecule has 2 aromatic rings. The zero-order valence-electron chi connectivity index (χ0n) is 13.4. The molecule has 0 fully saturated rings. The summed E-state index contributed by atoms with van der Waals surface area (Å²) in [7, 11) is 0. The molecule has 0 bridgehead atoms. The molecule has 2 N–H and O–H groups in total. The van der Waals surface area contributed by atoms with Gasteiger partial charge in [0.25, 0.3) is 0 Å². The maximum absolute atomic E-state index is 11.7. The van der Waals surface area contributed by atoms with E-state index in [1.165, 1.54) is 0 Å². The van der Waals surface area contributed by atoms with Crippen molar-refractivity contribution in [2.45, 2.75) is 39.8 Å². The Balaban J connectivity index is 1.87. The van der Waals surface area contributed by atoms with E-state index in [4.69, 9.17) is 9.15 Å². The molecule has 1 amide bonds. The molecule has 0 spiro atoms. The molecule has 0 saturated carbocycles. The molecule has 0 unspecified atom stereocenters. The minimum Gasteiger partial charge on any atom is -0.467 e. The third kappa shape index (κ3) is 4.84. The lowest BCUT2D eigenvalue weighted by atomic mass is 10.2. The van der Waals surface area contributed by atoms with E-state index in [1.54, 1.807) is 6.26 Å². The minimum atomic E-state index is -0.507. The van der Waals surface area contributed by atoms with Gasteiger partial charge in [0.2, 0.25) is 0 Å². The minimum absolute atomic E-state index is 0.459. The van der Waals surface area contributed by atoms with Crippen LogP contribution in [0.4, 0.5) is 16.2 Å². The Morgan fingerprint density at radius 1 is 1.14 bits per heavy atom. The number of anilines is 2. The fraction of sp³-hybridized carbons (Fsp3) is 0.353. The quantitative estimate of drug-likeness (QED) is 0.870. The lowest BCUT2D eigenvalue weighted by molar-refractivity contribution is 0.0636. The molecule has 2 rings (SSSR count). The second-order valence-electron chi connectivity index (χ2n) is 6.08. The van der Waals surface area contributed by atoms with Crippen molar-refractivity contribution < 1.29 is 13.9 Å². The highest BCUT2D eigenvalue weighted by molar-refractivity contribution is 5.85. The topological polar surface area (TPSA) is 63.5 Å². The number of amides is 1. The number of furan rings is 1. The van der Waals surface area contributed by atoms with E-state index < -0.39 is 11.7 Å². The first kappa shape index (κ1) is 15.9. The Labute approximate surface area is 130 Å². The summed E-state index contributed by atoms with van der Waals surface area (Å²) in [6.07, 6.45) is 1.22.